The van der Waals surface area contributed by atoms with Crippen LogP contribution in [0.3, 0.4) is 0 Å². The number of hydrogen-bond acceptors (Lipinski definition) is 6. The standard InChI is InChI=1S/C16H18N2O3S2/c1-21-14(19)8-12-4-2-3-6-18(12)16(20)13-10-23-15(17-13)11-5-7-22-9-11/h5,7,9-10,12H,2-4,6,8H2,1H3/t12-/m1/s1. The molecule has 122 valence electrons. The summed E-state index contributed by atoms with van der Waals surface area (Å²) in [6, 6.07) is 1.91. The average molecular weight is 350 g/mol. The van der Waals surface area contributed by atoms with E-state index in [4.69, 9.17) is 4.74 Å². The number of carbonyl (C=O) groups is 2. The summed E-state index contributed by atoms with van der Waals surface area (Å²) < 4.78 is 4.75. The lowest BCUT2D eigenvalue weighted by Crippen LogP contribution is -2.45. The molecular weight excluding hydrogens is 332 g/mol. The molecule has 1 amide bonds. The van der Waals surface area contributed by atoms with Crippen molar-refractivity contribution in [1.29, 1.82) is 0 Å². The third-order valence-corrected chi connectivity index (χ3v) is 5.58. The quantitative estimate of drug-likeness (QED) is 0.793. The number of aromatic nitrogens is 1. The zero-order valence-corrected chi connectivity index (χ0v) is 14.5. The number of rotatable bonds is 4. The molecule has 1 saturated heterocycles. The van der Waals surface area contributed by atoms with Crippen molar-refractivity contribution < 1.29 is 14.3 Å². The lowest BCUT2D eigenvalue weighted by atomic mass is 9.99. The molecule has 0 N–H and O–H groups in total. The van der Waals surface area contributed by atoms with Crippen molar-refractivity contribution in [1.82, 2.24) is 9.88 Å². The number of thiophene rings is 1. The van der Waals surface area contributed by atoms with Crippen LogP contribution in [0.25, 0.3) is 10.6 Å². The molecule has 1 aliphatic rings. The van der Waals surface area contributed by atoms with Gasteiger partial charge < -0.3 is 9.64 Å². The molecule has 7 heteroatoms. The van der Waals surface area contributed by atoms with Gasteiger partial charge in [-0.15, -0.1) is 11.3 Å². The first kappa shape index (κ1) is 16.1. The molecule has 0 aliphatic carbocycles. The van der Waals surface area contributed by atoms with Crippen LogP contribution >= 0.6 is 22.7 Å². The Morgan fingerprint density at radius 3 is 3.00 bits per heavy atom. The van der Waals surface area contributed by atoms with Crippen LogP contribution in [0, 0.1) is 0 Å². The van der Waals surface area contributed by atoms with Crippen molar-refractivity contribution in [2.75, 3.05) is 13.7 Å². The van der Waals surface area contributed by atoms with Gasteiger partial charge in [0.25, 0.3) is 5.91 Å². The maximum atomic E-state index is 12.8. The first-order chi connectivity index (χ1) is 11.2. The third-order valence-electron chi connectivity index (χ3n) is 4.01. The van der Waals surface area contributed by atoms with E-state index in [1.807, 2.05) is 16.8 Å². The number of nitrogens with zero attached hydrogens (tertiary/aromatic N) is 2. The predicted molar refractivity (Wildman–Crippen MR) is 90.7 cm³/mol. The molecule has 2 aromatic rings. The van der Waals surface area contributed by atoms with E-state index in [0.717, 1.165) is 29.8 Å². The van der Waals surface area contributed by atoms with E-state index < -0.39 is 0 Å². The second kappa shape index (κ2) is 7.23. The number of hydrogen-bond donors (Lipinski definition) is 0. The van der Waals surface area contributed by atoms with Crippen LogP contribution in [0.15, 0.2) is 22.2 Å². The van der Waals surface area contributed by atoms with Crippen molar-refractivity contribution in [3.63, 3.8) is 0 Å². The minimum atomic E-state index is -0.271. The Morgan fingerprint density at radius 2 is 2.26 bits per heavy atom. The van der Waals surface area contributed by atoms with E-state index in [9.17, 15) is 9.59 Å². The smallest absolute Gasteiger partial charge is 0.307 e. The topological polar surface area (TPSA) is 59.5 Å². The van der Waals surface area contributed by atoms with Gasteiger partial charge in [0.1, 0.15) is 10.7 Å². The van der Waals surface area contributed by atoms with Crippen molar-refractivity contribution in [2.24, 2.45) is 0 Å². The largest absolute Gasteiger partial charge is 0.469 e. The Balaban J connectivity index is 1.76. The molecule has 3 rings (SSSR count). The summed E-state index contributed by atoms with van der Waals surface area (Å²) in [7, 11) is 1.38. The Labute approximate surface area is 142 Å². The number of thiazole rings is 1. The van der Waals surface area contributed by atoms with Gasteiger partial charge in [0.2, 0.25) is 0 Å². The molecule has 3 heterocycles. The summed E-state index contributed by atoms with van der Waals surface area (Å²) in [6.07, 6.45) is 3.08. The Kier molecular flexibility index (Phi) is 5.07. The number of esters is 1. The van der Waals surface area contributed by atoms with Crippen LogP contribution in [0.1, 0.15) is 36.2 Å². The number of likely N-dealkylation sites (tertiary alicyclic amines) is 1. The molecule has 0 aromatic carbocycles. The highest BCUT2D eigenvalue weighted by Gasteiger charge is 2.30. The van der Waals surface area contributed by atoms with E-state index in [0.29, 0.717) is 12.2 Å². The normalized spacial score (nSPS) is 18.0. The number of amides is 1. The molecule has 23 heavy (non-hydrogen) atoms. The number of ether oxygens (including phenoxy) is 1. The highest BCUT2D eigenvalue weighted by Crippen LogP contribution is 2.28. The highest BCUT2D eigenvalue weighted by atomic mass is 32.1. The Bertz CT molecular complexity index is 681. The minimum Gasteiger partial charge on any atom is -0.469 e. The van der Waals surface area contributed by atoms with Crippen LogP contribution in [0.2, 0.25) is 0 Å². The van der Waals surface area contributed by atoms with Gasteiger partial charge in [-0.2, -0.15) is 11.3 Å². The van der Waals surface area contributed by atoms with Gasteiger partial charge in [0, 0.05) is 28.9 Å². The lowest BCUT2D eigenvalue weighted by Gasteiger charge is -2.34. The van der Waals surface area contributed by atoms with Crippen molar-refractivity contribution in [3.8, 4) is 10.6 Å². The molecule has 5 nitrogen and oxygen atoms in total. The van der Waals surface area contributed by atoms with Gasteiger partial charge in [-0.25, -0.2) is 4.98 Å². The van der Waals surface area contributed by atoms with Crippen LogP contribution in [-0.4, -0.2) is 41.5 Å². The molecule has 0 spiro atoms. The first-order valence-electron chi connectivity index (χ1n) is 7.55. The van der Waals surface area contributed by atoms with Gasteiger partial charge in [-0.1, -0.05) is 0 Å². The van der Waals surface area contributed by atoms with E-state index in [1.165, 1.54) is 18.4 Å². The second-order valence-corrected chi connectivity index (χ2v) is 7.12. The molecular formula is C16H18N2O3S2. The maximum Gasteiger partial charge on any atom is 0.307 e. The van der Waals surface area contributed by atoms with Gasteiger partial charge >= 0.3 is 5.97 Å². The van der Waals surface area contributed by atoms with Gasteiger partial charge in [-0.05, 0) is 30.7 Å². The van der Waals surface area contributed by atoms with Crippen molar-refractivity contribution >= 4 is 34.6 Å². The maximum absolute atomic E-state index is 12.8. The summed E-state index contributed by atoms with van der Waals surface area (Å²) in [6.45, 7) is 0.672. The SMILES string of the molecule is COC(=O)C[C@H]1CCCCN1C(=O)c1csc(-c2ccsc2)n1. The Hall–Kier alpha value is -1.73. The van der Waals surface area contributed by atoms with Crippen LogP contribution in [-0.2, 0) is 9.53 Å². The van der Waals surface area contributed by atoms with E-state index in [-0.39, 0.29) is 24.3 Å². The van der Waals surface area contributed by atoms with E-state index in [2.05, 4.69) is 4.98 Å². The monoisotopic (exact) mass is 350 g/mol. The first-order valence-corrected chi connectivity index (χ1v) is 9.37. The molecule has 1 atom stereocenters. The predicted octanol–water partition coefficient (Wildman–Crippen LogP) is 3.43. The molecule has 0 unspecified atom stereocenters. The average Bonchev–Trinajstić information content (AvgIpc) is 3.25. The van der Waals surface area contributed by atoms with E-state index >= 15 is 0 Å². The minimum absolute atomic E-state index is 0.0867. The third kappa shape index (κ3) is 3.61. The van der Waals surface area contributed by atoms with Gasteiger partial charge in [0.05, 0.1) is 13.5 Å². The molecule has 2 aromatic heterocycles. The van der Waals surface area contributed by atoms with Crippen LogP contribution in [0.4, 0.5) is 0 Å². The Morgan fingerprint density at radius 1 is 1.39 bits per heavy atom. The van der Waals surface area contributed by atoms with Crippen LogP contribution < -0.4 is 0 Å². The molecule has 0 radical (unpaired) electrons. The summed E-state index contributed by atoms with van der Waals surface area (Å²) in [4.78, 5) is 30.6. The molecule has 0 bridgehead atoms. The molecule has 1 fully saturated rings. The molecule has 0 saturated carbocycles. The number of carbonyl (C=O) groups excluding carboxylic acids is 2. The van der Waals surface area contributed by atoms with Gasteiger partial charge in [-0.3, -0.25) is 9.59 Å². The fraction of sp³-hybridized carbons (Fsp3) is 0.438. The second-order valence-electron chi connectivity index (χ2n) is 5.48. The highest BCUT2D eigenvalue weighted by molar-refractivity contribution is 7.14. The summed E-state index contributed by atoms with van der Waals surface area (Å²) >= 11 is 3.09. The zero-order valence-electron chi connectivity index (χ0n) is 12.9. The van der Waals surface area contributed by atoms with E-state index in [1.54, 1.807) is 21.6 Å². The fourth-order valence-electron chi connectivity index (χ4n) is 2.79. The summed E-state index contributed by atoms with van der Waals surface area (Å²) in [5, 5.41) is 6.68. The summed E-state index contributed by atoms with van der Waals surface area (Å²) in [5.74, 6) is -0.358. The summed E-state index contributed by atoms with van der Waals surface area (Å²) in [5.41, 5.74) is 1.51. The van der Waals surface area contributed by atoms with Gasteiger partial charge in [0.15, 0.2) is 0 Å². The van der Waals surface area contributed by atoms with Crippen LogP contribution in [0.5, 0.6) is 0 Å². The fourth-order valence-corrected chi connectivity index (χ4v) is 4.30. The van der Waals surface area contributed by atoms with Crippen molar-refractivity contribution in [3.05, 3.63) is 27.9 Å². The number of piperidine rings is 1. The lowest BCUT2D eigenvalue weighted by molar-refractivity contribution is -0.142. The van der Waals surface area contributed by atoms with Crippen molar-refractivity contribution in [2.45, 2.75) is 31.7 Å². The zero-order chi connectivity index (χ0) is 16.2. The number of methoxy groups -OCH3 is 1. The molecule has 1 aliphatic heterocycles.